The summed E-state index contributed by atoms with van der Waals surface area (Å²) in [6, 6.07) is 9.33. The summed E-state index contributed by atoms with van der Waals surface area (Å²) in [5.74, 6) is 0.179. The summed E-state index contributed by atoms with van der Waals surface area (Å²) in [6.07, 6.45) is 3.34. The highest BCUT2D eigenvalue weighted by atomic mass is 35.5. The SMILES string of the molecule is O=C(NCCn1nc(-n2cccn2)ccc1=O)c1cc(Cl)cc(Cl)c1. The van der Waals surface area contributed by atoms with Crippen molar-refractivity contribution in [3.05, 3.63) is 74.8 Å². The van der Waals surface area contributed by atoms with E-state index in [4.69, 9.17) is 23.2 Å². The molecule has 1 amide bonds. The fourth-order valence-electron chi connectivity index (χ4n) is 2.19. The summed E-state index contributed by atoms with van der Waals surface area (Å²) in [5.41, 5.74) is 0.0825. The molecule has 0 saturated carbocycles. The number of rotatable bonds is 5. The molecule has 128 valence electrons. The largest absolute Gasteiger partial charge is 0.350 e. The van der Waals surface area contributed by atoms with E-state index in [0.717, 1.165) is 0 Å². The fraction of sp³-hybridized carbons (Fsp3) is 0.125. The monoisotopic (exact) mass is 377 g/mol. The lowest BCUT2D eigenvalue weighted by atomic mass is 10.2. The molecule has 1 N–H and O–H groups in total. The van der Waals surface area contributed by atoms with Crippen molar-refractivity contribution in [3.63, 3.8) is 0 Å². The minimum Gasteiger partial charge on any atom is -0.350 e. The smallest absolute Gasteiger partial charge is 0.266 e. The van der Waals surface area contributed by atoms with Gasteiger partial charge in [0.1, 0.15) is 0 Å². The van der Waals surface area contributed by atoms with Gasteiger partial charge in [0.25, 0.3) is 11.5 Å². The van der Waals surface area contributed by atoms with Crippen LogP contribution in [0, 0.1) is 0 Å². The Bertz CT molecular complexity index is 933. The van der Waals surface area contributed by atoms with Crippen LogP contribution in [0.3, 0.4) is 0 Å². The zero-order valence-electron chi connectivity index (χ0n) is 12.9. The Morgan fingerprint density at radius 3 is 2.60 bits per heavy atom. The van der Waals surface area contributed by atoms with Crippen molar-refractivity contribution < 1.29 is 4.79 Å². The summed E-state index contributed by atoms with van der Waals surface area (Å²) in [4.78, 5) is 24.0. The molecule has 3 rings (SSSR count). The molecule has 0 aliphatic carbocycles. The van der Waals surface area contributed by atoms with Gasteiger partial charge in [-0.15, -0.1) is 5.10 Å². The highest BCUT2D eigenvalue weighted by molar-refractivity contribution is 6.35. The van der Waals surface area contributed by atoms with E-state index in [9.17, 15) is 9.59 Å². The molecule has 1 aromatic carbocycles. The molecule has 7 nitrogen and oxygen atoms in total. The number of carbonyl (C=O) groups is 1. The van der Waals surface area contributed by atoms with Crippen LogP contribution in [0.15, 0.2) is 53.6 Å². The van der Waals surface area contributed by atoms with E-state index in [1.165, 1.54) is 22.9 Å². The fourth-order valence-corrected chi connectivity index (χ4v) is 2.71. The van der Waals surface area contributed by atoms with Crippen LogP contribution in [0.25, 0.3) is 5.82 Å². The van der Waals surface area contributed by atoms with Gasteiger partial charge in [-0.1, -0.05) is 23.2 Å². The predicted molar refractivity (Wildman–Crippen MR) is 94.4 cm³/mol. The van der Waals surface area contributed by atoms with Crippen molar-refractivity contribution in [2.24, 2.45) is 0 Å². The van der Waals surface area contributed by atoms with Gasteiger partial charge >= 0.3 is 0 Å². The standard InChI is InChI=1S/C16H13Cl2N5O2/c17-12-8-11(9-13(18)10-12)16(25)19-5-7-23-15(24)3-2-14(21-23)22-6-1-4-20-22/h1-4,6,8-10H,5,7H2,(H,19,25). The van der Waals surface area contributed by atoms with Crippen LogP contribution in [-0.2, 0) is 6.54 Å². The molecule has 0 saturated heterocycles. The van der Waals surface area contributed by atoms with Gasteiger partial charge in [0, 0.05) is 40.6 Å². The van der Waals surface area contributed by atoms with Crippen LogP contribution < -0.4 is 10.9 Å². The van der Waals surface area contributed by atoms with E-state index in [0.29, 0.717) is 21.4 Å². The third kappa shape index (κ3) is 4.26. The third-order valence-corrected chi connectivity index (χ3v) is 3.76. The molecule has 0 atom stereocenters. The van der Waals surface area contributed by atoms with E-state index in [2.05, 4.69) is 15.5 Å². The van der Waals surface area contributed by atoms with Gasteiger partial charge in [-0.25, -0.2) is 9.36 Å². The Balaban J connectivity index is 1.66. The molecular formula is C16H13Cl2N5O2. The molecule has 9 heteroatoms. The maximum atomic E-state index is 12.1. The summed E-state index contributed by atoms with van der Waals surface area (Å²) in [5, 5.41) is 11.7. The molecular weight excluding hydrogens is 365 g/mol. The first kappa shape index (κ1) is 17.2. The van der Waals surface area contributed by atoms with Crippen LogP contribution in [-0.4, -0.2) is 32.0 Å². The topological polar surface area (TPSA) is 81.8 Å². The minimum absolute atomic E-state index is 0.216. The van der Waals surface area contributed by atoms with Gasteiger partial charge in [0.2, 0.25) is 0 Å². The van der Waals surface area contributed by atoms with Crippen molar-refractivity contribution in [3.8, 4) is 5.82 Å². The molecule has 3 aromatic rings. The molecule has 25 heavy (non-hydrogen) atoms. The number of nitrogens with zero attached hydrogens (tertiary/aromatic N) is 4. The molecule has 0 spiro atoms. The molecule has 0 aliphatic heterocycles. The first-order valence-electron chi connectivity index (χ1n) is 7.35. The second-order valence-corrected chi connectivity index (χ2v) is 5.99. The van der Waals surface area contributed by atoms with Crippen molar-refractivity contribution in [2.45, 2.75) is 6.54 Å². The molecule has 0 bridgehead atoms. The Kier molecular flexibility index (Phi) is 5.16. The van der Waals surface area contributed by atoms with Crippen LogP contribution in [0.2, 0.25) is 10.0 Å². The van der Waals surface area contributed by atoms with E-state index >= 15 is 0 Å². The molecule has 0 radical (unpaired) electrons. The molecule has 2 aromatic heterocycles. The lowest BCUT2D eigenvalue weighted by Crippen LogP contribution is -2.32. The number of halogens is 2. The number of hydrogen-bond donors (Lipinski definition) is 1. The van der Waals surface area contributed by atoms with E-state index in [1.54, 1.807) is 35.3 Å². The third-order valence-electron chi connectivity index (χ3n) is 3.33. The lowest BCUT2D eigenvalue weighted by Gasteiger charge is -2.09. The van der Waals surface area contributed by atoms with Crippen molar-refractivity contribution >= 4 is 29.1 Å². The number of carbonyl (C=O) groups excluding carboxylic acids is 1. The first-order chi connectivity index (χ1) is 12.0. The average Bonchev–Trinajstić information content (AvgIpc) is 3.10. The maximum absolute atomic E-state index is 12.1. The van der Waals surface area contributed by atoms with Gasteiger partial charge in [-0.3, -0.25) is 9.59 Å². The van der Waals surface area contributed by atoms with E-state index < -0.39 is 0 Å². The Labute approximate surface area is 152 Å². The van der Waals surface area contributed by atoms with E-state index in [1.807, 2.05) is 0 Å². The summed E-state index contributed by atoms with van der Waals surface area (Å²) in [7, 11) is 0. The predicted octanol–water partition coefficient (Wildman–Crippen LogP) is 2.17. The van der Waals surface area contributed by atoms with Gasteiger partial charge < -0.3 is 5.32 Å². The first-order valence-corrected chi connectivity index (χ1v) is 8.11. The van der Waals surface area contributed by atoms with Crippen LogP contribution in [0.5, 0.6) is 0 Å². The number of aromatic nitrogens is 4. The van der Waals surface area contributed by atoms with Gasteiger partial charge in [-0.2, -0.15) is 5.10 Å². The minimum atomic E-state index is -0.333. The Morgan fingerprint density at radius 1 is 1.16 bits per heavy atom. The number of amides is 1. The zero-order chi connectivity index (χ0) is 17.8. The van der Waals surface area contributed by atoms with E-state index in [-0.39, 0.29) is 24.6 Å². The summed E-state index contributed by atoms with van der Waals surface area (Å²) in [6.45, 7) is 0.437. The summed E-state index contributed by atoms with van der Waals surface area (Å²) >= 11 is 11.8. The number of hydrogen-bond acceptors (Lipinski definition) is 4. The summed E-state index contributed by atoms with van der Waals surface area (Å²) < 4.78 is 2.81. The van der Waals surface area contributed by atoms with Crippen molar-refractivity contribution in [1.82, 2.24) is 24.9 Å². The second kappa shape index (κ2) is 7.50. The number of benzene rings is 1. The van der Waals surface area contributed by atoms with Gasteiger partial charge in [0.15, 0.2) is 5.82 Å². The second-order valence-electron chi connectivity index (χ2n) is 5.12. The van der Waals surface area contributed by atoms with Crippen LogP contribution in [0.1, 0.15) is 10.4 Å². The number of nitrogens with one attached hydrogen (secondary N) is 1. The average molecular weight is 378 g/mol. The Hall–Kier alpha value is -2.64. The van der Waals surface area contributed by atoms with Gasteiger partial charge in [0.05, 0.1) is 6.54 Å². The van der Waals surface area contributed by atoms with Crippen LogP contribution in [0.4, 0.5) is 0 Å². The lowest BCUT2D eigenvalue weighted by molar-refractivity contribution is 0.0951. The molecule has 0 aliphatic rings. The maximum Gasteiger partial charge on any atom is 0.266 e. The highest BCUT2D eigenvalue weighted by Crippen LogP contribution is 2.18. The molecule has 0 fully saturated rings. The van der Waals surface area contributed by atoms with Crippen molar-refractivity contribution in [1.29, 1.82) is 0 Å². The Morgan fingerprint density at radius 2 is 1.92 bits per heavy atom. The molecule has 2 heterocycles. The van der Waals surface area contributed by atoms with Crippen LogP contribution >= 0.6 is 23.2 Å². The quantitative estimate of drug-likeness (QED) is 0.738. The normalized spacial score (nSPS) is 10.6. The van der Waals surface area contributed by atoms with Gasteiger partial charge in [-0.05, 0) is 30.3 Å². The highest BCUT2D eigenvalue weighted by Gasteiger charge is 2.08. The molecule has 0 unspecified atom stereocenters. The van der Waals surface area contributed by atoms with Crippen molar-refractivity contribution in [2.75, 3.05) is 6.54 Å². The zero-order valence-corrected chi connectivity index (χ0v) is 14.4.